The van der Waals surface area contributed by atoms with Crippen LogP contribution in [-0.4, -0.2) is 45.3 Å². The van der Waals surface area contributed by atoms with Crippen molar-refractivity contribution >= 4 is 28.5 Å². The number of benzene rings is 1. The van der Waals surface area contributed by atoms with E-state index in [1.165, 1.54) is 11.3 Å². The van der Waals surface area contributed by atoms with Crippen LogP contribution < -0.4 is 5.32 Å². The lowest BCUT2D eigenvalue weighted by Gasteiger charge is -2.34. The number of piperidine rings is 1. The van der Waals surface area contributed by atoms with Gasteiger partial charge in [0.15, 0.2) is 0 Å². The van der Waals surface area contributed by atoms with Crippen molar-refractivity contribution in [2.75, 3.05) is 18.4 Å². The number of hydrogen-bond acceptors (Lipinski definition) is 5. The Labute approximate surface area is 156 Å². The first-order chi connectivity index (χ1) is 12.3. The van der Waals surface area contributed by atoms with Gasteiger partial charge in [0, 0.05) is 18.7 Å². The number of anilines is 1. The third-order valence-electron chi connectivity index (χ3n) is 4.40. The number of carbonyl (C=O) groups is 2. The SMILES string of the molecule is Cc1cc(C)cc(-c2nnc(NC(=O)N3CC(C)CC(C(=O)O)C3)s2)c1. The number of amides is 2. The summed E-state index contributed by atoms with van der Waals surface area (Å²) in [5.74, 6) is -1.23. The summed E-state index contributed by atoms with van der Waals surface area (Å²) in [7, 11) is 0. The molecule has 2 aromatic rings. The van der Waals surface area contributed by atoms with Gasteiger partial charge in [0.05, 0.1) is 5.92 Å². The second-order valence-electron chi connectivity index (χ2n) is 7.00. The summed E-state index contributed by atoms with van der Waals surface area (Å²) in [5, 5.41) is 21.4. The molecule has 1 aliphatic rings. The molecule has 2 N–H and O–H groups in total. The Hall–Kier alpha value is -2.48. The largest absolute Gasteiger partial charge is 0.481 e. The first-order valence-corrected chi connectivity index (χ1v) is 9.34. The Morgan fingerprint density at radius 1 is 1.19 bits per heavy atom. The predicted octanol–water partition coefficient (Wildman–Crippen LogP) is 3.40. The number of aromatic nitrogens is 2. The Kier molecular flexibility index (Phi) is 5.22. The molecule has 8 heteroatoms. The molecule has 0 saturated carbocycles. The summed E-state index contributed by atoms with van der Waals surface area (Å²) in [6.45, 7) is 6.76. The average Bonchev–Trinajstić information content (AvgIpc) is 3.02. The summed E-state index contributed by atoms with van der Waals surface area (Å²) in [6.07, 6.45) is 0.592. The summed E-state index contributed by atoms with van der Waals surface area (Å²) in [4.78, 5) is 25.3. The quantitative estimate of drug-likeness (QED) is 0.858. The first kappa shape index (κ1) is 18.3. The van der Waals surface area contributed by atoms with Gasteiger partial charge in [-0.2, -0.15) is 0 Å². The molecule has 0 radical (unpaired) electrons. The van der Waals surface area contributed by atoms with Crippen LogP contribution in [0.3, 0.4) is 0 Å². The van der Waals surface area contributed by atoms with Crippen LogP contribution in [0.4, 0.5) is 9.93 Å². The number of carbonyl (C=O) groups excluding carboxylic acids is 1. The topological polar surface area (TPSA) is 95.4 Å². The number of nitrogens with zero attached hydrogens (tertiary/aromatic N) is 3. The molecular formula is C18H22N4O3S. The van der Waals surface area contributed by atoms with E-state index in [1.54, 1.807) is 4.90 Å². The van der Waals surface area contributed by atoms with Crippen LogP contribution in [0.1, 0.15) is 24.5 Å². The lowest BCUT2D eigenvalue weighted by atomic mass is 9.91. The van der Waals surface area contributed by atoms with Gasteiger partial charge in [0.25, 0.3) is 0 Å². The van der Waals surface area contributed by atoms with Crippen molar-refractivity contribution in [3.63, 3.8) is 0 Å². The van der Waals surface area contributed by atoms with Gasteiger partial charge in [-0.15, -0.1) is 10.2 Å². The predicted molar refractivity (Wildman–Crippen MR) is 100 cm³/mol. The number of carboxylic acids is 1. The molecule has 1 aromatic carbocycles. The summed E-state index contributed by atoms with van der Waals surface area (Å²) < 4.78 is 0. The fourth-order valence-electron chi connectivity index (χ4n) is 3.36. The standard InChI is InChI=1S/C18H22N4O3S/c1-10-4-11(2)6-13(5-10)15-20-21-17(26-15)19-18(25)22-8-12(3)7-14(9-22)16(23)24/h4-6,12,14H,7-9H2,1-3H3,(H,23,24)(H,19,21,25). The third kappa shape index (κ3) is 4.19. The maximum atomic E-state index is 12.5. The molecule has 26 heavy (non-hydrogen) atoms. The summed E-state index contributed by atoms with van der Waals surface area (Å²) in [6, 6.07) is 5.82. The number of carboxylic acid groups (broad SMARTS) is 1. The molecule has 1 saturated heterocycles. The number of aryl methyl sites for hydroxylation is 2. The van der Waals surface area contributed by atoms with Crippen LogP contribution in [0.25, 0.3) is 10.6 Å². The van der Waals surface area contributed by atoms with Gasteiger partial charge >= 0.3 is 12.0 Å². The van der Waals surface area contributed by atoms with Crippen molar-refractivity contribution in [3.05, 3.63) is 29.3 Å². The highest BCUT2D eigenvalue weighted by molar-refractivity contribution is 7.18. The maximum absolute atomic E-state index is 12.5. The minimum absolute atomic E-state index is 0.149. The van der Waals surface area contributed by atoms with Crippen molar-refractivity contribution in [3.8, 4) is 10.6 Å². The van der Waals surface area contributed by atoms with E-state index in [4.69, 9.17) is 0 Å². The smallest absolute Gasteiger partial charge is 0.323 e. The van der Waals surface area contributed by atoms with E-state index in [-0.39, 0.29) is 18.5 Å². The zero-order chi connectivity index (χ0) is 18.8. The third-order valence-corrected chi connectivity index (χ3v) is 5.29. The number of rotatable bonds is 3. The number of aliphatic carboxylic acids is 1. The molecule has 0 spiro atoms. The normalized spacial score (nSPS) is 20.0. The molecule has 3 rings (SSSR count). The molecule has 7 nitrogen and oxygen atoms in total. The van der Waals surface area contributed by atoms with E-state index < -0.39 is 11.9 Å². The monoisotopic (exact) mass is 374 g/mol. The van der Waals surface area contributed by atoms with Gasteiger partial charge in [-0.25, -0.2) is 4.79 Å². The van der Waals surface area contributed by atoms with Crippen LogP contribution >= 0.6 is 11.3 Å². The van der Waals surface area contributed by atoms with Crippen LogP contribution in [0, 0.1) is 25.7 Å². The van der Waals surface area contributed by atoms with E-state index in [2.05, 4.69) is 21.6 Å². The minimum Gasteiger partial charge on any atom is -0.481 e. The Morgan fingerprint density at radius 3 is 2.54 bits per heavy atom. The van der Waals surface area contributed by atoms with E-state index in [0.29, 0.717) is 18.1 Å². The first-order valence-electron chi connectivity index (χ1n) is 8.52. The number of hydrogen-bond donors (Lipinski definition) is 2. The zero-order valence-electron chi connectivity index (χ0n) is 15.0. The molecule has 1 fully saturated rings. The summed E-state index contributed by atoms with van der Waals surface area (Å²) in [5.41, 5.74) is 3.25. The maximum Gasteiger partial charge on any atom is 0.323 e. The average molecular weight is 374 g/mol. The second-order valence-corrected chi connectivity index (χ2v) is 7.98. The van der Waals surface area contributed by atoms with Gasteiger partial charge in [0.1, 0.15) is 5.01 Å². The van der Waals surface area contributed by atoms with Crippen molar-refractivity contribution in [1.29, 1.82) is 0 Å². The lowest BCUT2D eigenvalue weighted by Crippen LogP contribution is -2.47. The fraction of sp³-hybridized carbons (Fsp3) is 0.444. The van der Waals surface area contributed by atoms with E-state index in [1.807, 2.05) is 32.9 Å². The number of likely N-dealkylation sites (tertiary alicyclic amines) is 1. The van der Waals surface area contributed by atoms with Gasteiger partial charge in [-0.05, 0) is 38.3 Å². The molecular weight excluding hydrogens is 352 g/mol. The van der Waals surface area contributed by atoms with Gasteiger partial charge in [0.2, 0.25) is 5.13 Å². The van der Waals surface area contributed by atoms with Crippen LogP contribution in [-0.2, 0) is 4.79 Å². The Balaban J connectivity index is 1.70. The molecule has 1 aliphatic heterocycles. The van der Waals surface area contributed by atoms with Gasteiger partial charge in [-0.3, -0.25) is 10.1 Å². The van der Waals surface area contributed by atoms with Crippen molar-refractivity contribution in [1.82, 2.24) is 15.1 Å². The Morgan fingerprint density at radius 2 is 1.88 bits per heavy atom. The van der Waals surface area contributed by atoms with Gasteiger partial charge < -0.3 is 10.0 Å². The van der Waals surface area contributed by atoms with Crippen LogP contribution in [0.5, 0.6) is 0 Å². The van der Waals surface area contributed by atoms with Crippen LogP contribution in [0.2, 0.25) is 0 Å². The molecule has 0 bridgehead atoms. The van der Waals surface area contributed by atoms with Crippen molar-refractivity contribution in [2.45, 2.75) is 27.2 Å². The molecule has 2 heterocycles. The number of urea groups is 1. The summed E-state index contributed by atoms with van der Waals surface area (Å²) >= 11 is 1.31. The van der Waals surface area contributed by atoms with Crippen molar-refractivity contribution in [2.24, 2.45) is 11.8 Å². The molecule has 2 amide bonds. The fourth-order valence-corrected chi connectivity index (χ4v) is 4.08. The molecule has 1 aromatic heterocycles. The van der Waals surface area contributed by atoms with Crippen molar-refractivity contribution < 1.29 is 14.7 Å². The molecule has 0 aliphatic carbocycles. The van der Waals surface area contributed by atoms with Crippen LogP contribution in [0.15, 0.2) is 18.2 Å². The highest BCUT2D eigenvalue weighted by Crippen LogP contribution is 2.28. The minimum atomic E-state index is -0.859. The van der Waals surface area contributed by atoms with E-state index >= 15 is 0 Å². The van der Waals surface area contributed by atoms with E-state index in [0.717, 1.165) is 21.7 Å². The molecule has 2 unspecified atom stereocenters. The molecule has 138 valence electrons. The highest BCUT2D eigenvalue weighted by atomic mass is 32.1. The lowest BCUT2D eigenvalue weighted by molar-refractivity contribution is -0.143. The second kappa shape index (κ2) is 7.41. The van der Waals surface area contributed by atoms with E-state index in [9.17, 15) is 14.7 Å². The number of nitrogens with one attached hydrogen (secondary N) is 1. The van der Waals surface area contributed by atoms with Gasteiger partial charge in [-0.1, -0.05) is 35.5 Å². The zero-order valence-corrected chi connectivity index (χ0v) is 15.8. The Bertz CT molecular complexity index is 815. The highest BCUT2D eigenvalue weighted by Gasteiger charge is 2.32. The molecule has 2 atom stereocenters.